The van der Waals surface area contributed by atoms with Gasteiger partial charge < -0.3 is 4.74 Å². The molecular weight excluding hydrogens is 128 g/mol. The van der Waals surface area contributed by atoms with Crippen LogP contribution in [0.3, 0.4) is 0 Å². The van der Waals surface area contributed by atoms with E-state index in [1.807, 2.05) is 6.92 Å². The Balaban J connectivity index is 2.69. The molecule has 0 unspecified atom stereocenters. The van der Waals surface area contributed by atoms with Crippen LogP contribution in [-0.4, -0.2) is 16.8 Å². The maximum atomic E-state index is 5.06. The van der Waals surface area contributed by atoms with Gasteiger partial charge in [0.05, 0.1) is 12.3 Å². The fourth-order valence-corrected chi connectivity index (χ4v) is 0.573. The summed E-state index contributed by atoms with van der Waals surface area (Å²) in [7, 11) is 0. The van der Waals surface area contributed by atoms with E-state index in [9.17, 15) is 0 Å². The van der Waals surface area contributed by atoms with E-state index in [0.717, 1.165) is 0 Å². The second-order valence-electron chi connectivity index (χ2n) is 1.80. The van der Waals surface area contributed by atoms with Crippen molar-refractivity contribution in [3.63, 3.8) is 0 Å². The van der Waals surface area contributed by atoms with Gasteiger partial charge in [-0.2, -0.15) is 5.10 Å². The second-order valence-corrected chi connectivity index (χ2v) is 1.80. The molecule has 0 bridgehead atoms. The van der Waals surface area contributed by atoms with E-state index in [4.69, 9.17) is 4.74 Å². The number of hydrogen-bond donors (Lipinski definition) is 0. The fraction of sp³-hybridized carbons (Fsp3) is 0.286. The molecule has 0 aliphatic heterocycles. The van der Waals surface area contributed by atoms with Crippen molar-refractivity contribution in [2.75, 3.05) is 6.61 Å². The standard InChI is InChI=1S/C7H9N2O/c1-3-10-7-5-4-6(2)8-9-7/h4-5H,2-3H2,1H3. The van der Waals surface area contributed by atoms with Gasteiger partial charge in [0.15, 0.2) is 0 Å². The monoisotopic (exact) mass is 137 g/mol. The summed E-state index contributed by atoms with van der Waals surface area (Å²) in [5.74, 6) is 0.551. The maximum Gasteiger partial charge on any atom is 0.233 e. The van der Waals surface area contributed by atoms with Crippen molar-refractivity contribution in [2.24, 2.45) is 0 Å². The predicted molar refractivity (Wildman–Crippen MR) is 37.7 cm³/mol. The SMILES string of the molecule is [CH2]c1ccc(OCC)nn1. The Hall–Kier alpha value is -1.12. The lowest BCUT2D eigenvalue weighted by Crippen LogP contribution is -1.95. The molecule has 3 heteroatoms. The third-order valence-electron chi connectivity index (χ3n) is 0.988. The van der Waals surface area contributed by atoms with E-state index in [-0.39, 0.29) is 0 Å². The Labute approximate surface area is 60.0 Å². The van der Waals surface area contributed by atoms with Gasteiger partial charge in [-0.1, -0.05) is 0 Å². The van der Waals surface area contributed by atoms with Crippen LogP contribution in [0.1, 0.15) is 12.6 Å². The quantitative estimate of drug-likeness (QED) is 0.611. The molecule has 53 valence electrons. The second kappa shape index (κ2) is 3.15. The Morgan fingerprint density at radius 2 is 2.30 bits per heavy atom. The minimum Gasteiger partial charge on any atom is -0.477 e. The lowest BCUT2D eigenvalue weighted by atomic mass is 10.4. The molecule has 0 aliphatic rings. The third-order valence-corrected chi connectivity index (χ3v) is 0.988. The topological polar surface area (TPSA) is 35.0 Å². The normalized spacial score (nSPS) is 9.40. The molecule has 1 radical (unpaired) electrons. The van der Waals surface area contributed by atoms with Crippen molar-refractivity contribution in [3.05, 3.63) is 24.8 Å². The van der Waals surface area contributed by atoms with Crippen LogP contribution < -0.4 is 4.74 Å². The van der Waals surface area contributed by atoms with Crippen LogP contribution in [0.2, 0.25) is 0 Å². The smallest absolute Gasteiger partial charge is 0.233 e. The Bertz CT molecular complexity index is 195. The molecule has 0 saturated heterocycles. The number of nitrogens with zero attached hydrogens (tertiary/aromatic N) is 2. The molecule has 0 aromatic carbocycles. The first-order valence-electron chi connectivity index (χ1n) is 3.11. The number of aromatic nitrogens is 2. The van der Waals surface area contributed by atoms with Crippen LogP contribution in [0.4, 0.5) is 0 Å². The zero-order valence-corrected chi connectivity index (χ0v) is 5.87. The van der Waals surface area contributed by atoms with Gasteiger partial charge in [-0.05, 0) is 19.9 Å². The van der Waals surface area contributed by atoms with Crippen molar-refractivity contribution >= 4 is 0 Å². The highest BCUT2D eigenvalue weighted by molar-refractivity contribution is 5.12. The van der Waals surface area contributed by atoms with Gasteiger partial charge in [-0.15, -0.1) is 5.10 Å². The molecule has 0 aliphatic carbocycles. The summed E-state index contributed by atoms with van der Waals surface area (Å²) in [6.07, 6.45) is 0. The zero-order chi connectivity index (χ0) is 7.40. The first-order chi connectivity index (χ1) is 4.83. The minimum atomic E-state index is 0.551. The highest BCUT2D eigenvalue weighted by Crippen LogP contribution is 2.02. The van der Waals surface area contributed by atoms with Crippen molar-refractivity contribution in [2.45, 2.75) is 6.92 Å². The van der Waals surface area contributed by atoms with Gasteiger partial charge in [-0.25, -0.2) is 0 Å². The van der Waals surface area contributed by atoms with Crippen molar-refractivity contribution in [1.82, 2.24) is 10.2 Å². The van der Waals surface area contributed by atoms with Crippen LogP contribution in [0.25, 0.3) is 0 Å². The summed E-state index contributed by atoms with van der Waals surface area (Å²) >= 11 is 0. The van der Waals surface area contributed by atoms with E-state index in [2.05, 4.69) is 17.1 Å². The van der Waals surface area contributed by atoms with Crippen LogP contribution in [0.5, 0.6) is 5.88 Å². The summed E-state index contributed by atoms with van der Waals surface area (Å²) in [5, 5.41) is 7.44. The summed E-state index contributed by atoms with van der Waals surface area (Å²) in [5.41, 5.74) is 0.656. The largest absolute Gasteiger partial charge is 0.477 e. The van der Waals surface area contributed by atoms with Crippen LogP contribution in [-0.2, 0) is 0 Å². The number of rotatable bonds is 2. The molecule has 0 atom stereocenters. The molecule has 0 N–H and O–H groups in total. The van der Waals surface area contributed by atoms with Gasteiger partial charge in [0.1, 0.15) is 0 Å². The molecule has 3 nitrogen and oxygen atoms in total. The molecular formula is C7H9N2O. The average Bonchev–Trinajstić information content (AvgIpc) is 1.95. The van der Waals surface area contributed by atoms with E-state index >= 15 is 0 Å². The van der Waals surface area contributed by atoms with Gasteiger partial charge in [0.2, 0.25) is 5.88 Å². The Morgan fingerprint density at radius 3 is 2.80 bits per heavy atom. The van der Waals surface area contributed by atoms with E-state index in [0.29, 0.717) is 18.2 Å². The van der Waals surface area contributed by atoms with Gasteiger partial charge in [-0.3, -0.25) is 0 Å². The molecule has 0 fully saturated rings. The summed E-state index contributed by atoms with van der Waals surface area (Å²) < 4.78 is 5.06. The summed E-state index contributed by atoms with van der Waals surface area (Å²) in [6.45, 7) is 6.11. The van der Waals surface area contributed by atoms with Gasteiger partial charge >= 0.3 is 0 Å². The Kier molecular flexibility index (Phi) is 2.20. The third kappa shape index (κ3) is 1.69. The maximum absolute atomic E-state index is 5.06. The van der Waals surface area contributed by atoms with Crippen molar-refractivity contribution in [3.8, 4) is 5.88 Å². The lowest BCUT2D eigenvalue weighted by Gasteiger charge is -1.98. The van der Waals surface area contributed by atoms with Crippen molar-refractivity contribution < 1.29 is 4.74 Å². The lowest BCUT2D eigenvalue weighted by molar-refractivity contribution is 0.322. The van der Waals surface area contributed by atoms with E-state index in [1.54, 1.807) is 12.1 Å². The van der Waals surface area contributed by atoms with Crippen LogP contribution in [0.15, 0.2) is 12.1 Å². The Morgan fingerprint density at radius 1 is 1.50 bits per heavy atom. The molecule has 0 saturated carbocycles. The molecule has 0 spiro atoms. The molecule has 1 aromatic heterocycles. The first kappa shape index (κ1) is 6.99. The van der Waals surface area contributed by atoms with Crippen LogP contribution in [0, 0.1) is 6.92 Å². The van der Waals surface area contributed by atoms with Crippen LogP contribution >= 0.6 is 0 Å². The molecule has 1 rings (SSSR count). The van der Waals surface area contributed by atoms with Gasteiger partial charge in [0, 0.05) is 6.07 Å². The number of ether oxygens (including phenoxy) is 1. The highest BCUT2D eigenvalue weighted by Gasteiger charge is 1.91. The predicted octanol–water partition coefficient (Wildman–Crippen LogP) is 1.06. The molecule has 10 heavy (non-hydrogen) atoms. The molecule has 1 aromatic rings. The fourth-order valence-electron chi connectivity index (χ4n) is 0.573. The first-order valence-corrected chi connectivity index (χ1v) is 3.11. The zero-order valence-electron chi connectivity index (χ0n) is 5.87. The molecule has 0 amide bonds. The highest BCUT2D eigenvalue weighted by atomic mass is 16.5. The van der Waals surface area contributed by atoms with E-state index < -0.39 is 0 Å². The molecule has 1 heterocycles. The summed E-state index contributed by atoms with van der Waals surface area (Å²) in [6, 6.07) is 3.51. The minimum absolute atomic E-state index is 0.551. The average molecular weight is 137 g/mol. The summed E-state index contributed by atoms with van der Waals surface area (Å²) in [4.78, 5) is 0. The van der Waals surface area contributed by atoms with E-state index in [1.165, 1.54) is 0 Å². The van der Waals surface area contributed by atoms with Crippen molar-refractivity contribution in [1.29, 1.82) is 0 Å². The number of hydrogen-bond acceptors (Lipinski definition) is 3. The van der Waals surface area contributed by atoms with Gasteiger partial charge in [0.25, 0.3) is 0 Å².